The predicted molar refractivity (Wildman–Crippen MR) is 91.0 cm³/mol. The van der Waals surface area contributed by atoms with Gasteiger partial charge in [0.15, 0.2) is 0 Å². The maximum Gasteiger partial charge on any atom is 0.323 e. The normalized spacial score (nSPS) is 20.1. The van der Waals surface area contributed by atoms with Crippen LogP contribution >= 0.6 is 11.8 Å². The standard InChI is InChI=1S/C16H21N3O4S/c1-23-16(22)10-2-6-12(7-3-10)24-13-8-4-11(5-9-13)18-14(20)15(21)19-17/h4-5,8-10,12H,2-3,6-7,17H2,1H3,(H,18,20)(H,19,21). The highest BCUT2D eigenvalue weighted by atomic mass is 32.2. The largest absolute Gasteiger partial charge is 0.469 e. The maximum absolute atomic E-state index is 11.5. The van der Waals surface area contributed by atoms with Crippen LogP contribution in [0.15, 0.2) is 29.2 Å². The lowest BCUT2D eigenvalue weighted by atomic mass is 9.89. The van der Waals surface area contributed by atoms with Crippen LogP contribution in [0.4, 0.5) is 5.69 Å². The molecule has 1 saturated carbocycles. The molecule has 0 aromatic heterocycles. The minimum Gasteiger partial charge on any atom is -0.469 e. The number of benzene rings is 1. The Labute approximate surface area is 144 Å². The van der Waals surface area contributed by atoms with E-state index in [9.17, 15) is 14.4 Å². The lowest BCUT2D eigenvalue weighted by Gasteiger charge is -2.26. The molecule has 2 rings (SSSR count). The number of carbonyl (C=O) groups is 3. The fraction of sp³-hybridized carbons (Fsp3) is 0.438. The highest BCUT2D eigenvalue weighted by molar-refractivity contribution is 8.00. The lowest BCUT2D eigenvalue weighted by molar-refractivity contribution is -0.146. The summed E-state index contributed by atoms with van der Waals surface area (Å²) in [6, 6.07) is 7.27. The molecule has 0 unspecified atom stereocenters. The van der Waals surface area contributed by atoms with Crippen LogP contribution in [0.5, 0.6) is 0 Å². The van der Waals surface area contributed by atoms with E-state index in [0.29, 0.717) is 10.9 Å². The Balaban J connectivity index is 1.83. The zero-order chi connectivity index (χ0) is 17.5. The molecule has 0 aliphatic heterocycles. The molecule has 0 bridgehead atoms. The summed E-state index contributed by atoms with van der Waals surface area (Å²) < 4.78 is 4.80. The Kier molecular flexibility index (Phi) is 6.62. The second-order valence-corrected chi connectivity index (χ2v) is 6.94. The van der Waals surface area contributed by atoms with Gasteiger partial charge < -0.3 is 10.1 Å². The van der Waals surface area contributed by atoms with Crippen molar-refractivity contribution in [2.45, 2.75) is 35.8 Å². The van der Waals surface area contributed by atoms with Crippen molar-refractivity contribution < 1.29 is 19.1 Å². The number of nitrogens with two attached hydrogens (primary N) is 1. The van der Waals surface area contributed by atoms with Gasteiger partial charge in [0.1, 0.15) is 0 Å². The third-order valence-corrected chi connectivity index (χ3v) is 5.31. The summed E-state index contributed by atoms with van der Waals surface area (Å²) >= 11 is 1.76. The Morgan fingerprint density at radius 2 is 1.71 bits per heavy atom. The molecule has 8 heteroatoms. The van der Waals surface area contributed by atoms with Crippen molar-refractivity contribution in [1.29, 1.82) is 0 Å². The molecule has 1 aromatic carbocycles. The number of thioether (sulfide) groups is 1. The zero-order valence-corrected chi connectivity index (χ0v) is 14.2. The first-order chi connectivity index (χ1) is 11.5. The lowest BCUT2D eigenvalue weighted by Crippen LogP contribution is -2.39. The van der Waals surface area contributed by atoms with E-state index in [4.69, 9.17) is 10.6 Å². The van der Waals surface area contributed by atoms with Crippen molar-refractivity contribution in [2.24, 2.45) is 11.8 Å². The zero-order valence-electron chi connectivity index (χ0n) is 13.4. The molecule has 0 radical (unpaired) electrons. The minimum atomic E-state index is -0.893. The van der Waals surface area contributed by atoms with Gasteiger partial charge in [-0.2, -0.15) is 0 Å². The van der Waals surface area contributed by atoms with Gasteiger partial charge >= 0.3 is 17.8 Å². The SMILES string of the molecule is COC(=O)C1CCC(Sc2ccc(NC(=O)C(=O)NN)cc2)CC1. The number of rotatable bonds is 4. The molecule has 24 heavy (non-hydrogen) atoms. The molecule has 0 atom stereocenters. The first kappa shape index (κ1) is 18.3. The highest BCUT2D eigenvalue weighted by Gasteiger charge is 2.27. The monoisotopic (exact) mass is 351 g/mol. The van der Waals surface area contributed by atoms with E-state index in [-0.39, 0.29) is 11.9 Å². The van der Waals surface area contributed by atoms with Gasteiger partial charge in [-0.1, -0.05) is 0 Å². The maximum atomic E-state index is 11.5. The van der Waals surface area contributed by atoms with Gasteiger partial charge in [0.2, 0.25) is 0 Å². The highest BCUT2D eigenvalue weighted by Crippen LogP contribution is 2.36. The summed E-state index contributed by atoms with van der Waals surface area (Å²) in [5.41, 5.74) is 2.31. The number of esters is 1. The van der Waals surface area contributed by atoms with Crippen molar-refractivity contribution in [3.05, 3.63) is 24.3 Å². The summed E-state index contributed by atoms with van der Waals surface area (Å²) in [6.07, 6.45) is 3.65. The van der Waals surface area contributed by atoms with E-state index in [2.05, 4.69) is 5.32 Å². The van der Waals surface area contributed by atoms with Crippen LogP contribution in [0.2, 0.25) is 0 Å². The molecule has 2 amide bonds. The van der Waals surface area contributed by atoms with Crippen LogP contribution in [0.3, 0.4) is 0 Å². The van der Waals surface area contributed by atoms with Crippen LogP contribution in [0.1, 0.15) is 25.7 Å². The first-order valence-electron chi connectivity index (χ1n) is 7.70. The Bertz CT molecular complexity index is 598. The van der Waals surface area contributed by atoms with E-state index >= 15 is 0 Å². The Morgan fingerprint density at radius 1 is 1.08 bits per heavy atom. The van der Waals surface area contributed by atoms with Crippen LogP contribution in [0.25, 0.3) is 0 Å². The molecule has 0 spiro atoms. The van der Waals surface area contributed by atoms with Gasteiger partial charge in [0.05, 0.1) is 13.0 Å². The smallest absolute Gasteiger partial charge is 0.323 e. The van der Waals surface area contributed by atoms with Crippen LogP contribution in [-0.2, 0) is 19.1 Å². The number of methoxy groups -OCH3 is 1. The van der Waals surface area contributed by atoms with Crippen molar-refractivity contribution in [3.8, 4) is 0 Å². The third kappa shape index (κ3) is 4.97. The summed E-state index contributed by atoms with van der Waals surface area (Å²) in [5.74, 6) is 3.12. The summed E-state index contributed by atoms with van der Waals surface area (Å²) in [7, 11) is 1.43. The van der Waals surface area contributed by atoms with E-state index in [1.807, 2.05) is 12.1 Å². The number of nitrogens with one attached hydrogen (secondary N) is 2. The minimum absolute atomic E-state index is 0.0260. The molecule has 0 heterocycles. The van der Waals surface area contributed by atoms with Gasteiger partial charge in [-0.15, -0.1) is 11.8 Å². The predicted octanol–water partition coefficient (Wildman–Crippen LogP) is 1.44. The summed E-state index contributed by atoms with van der Waals surface area (Å²) in [4.78, 5) is 35.1. The number of carbonyl (C=O) groups excluding carboxylic acids is 3. The van der Waals surface area contributed by atoms with Crippen molar-refractivity contribution >= 4 is 35.2 Å². The van der Waals surface area contributed by atoms with Crippen LogP contribution < -0.4 is 16.6 Å². The van der Waals surface area contributed by atoms with Gasteiger partial charge in [0.25, 0.3) is 0 Å². The second kappa shape index (κ2) is 8.70. The van der Waals surface area contributed by atoms with Gasteiger partial charge in [-0.05, 0) is 49.9 Å². The van der Waals surface area contributed by atoms with Gasteiger partial charge in [-0.3, -0.25) is 19.8 Å². The molecule has 1 aliphatic carbocycles. The molecule has 1 aromatic rings. The fourth-order valence-electron chi connectivity index (χ4n) is 2.65. The molecular formula is C16H21N3O4S. The van der Waals surface area contributed by atoms with Crippen molar-refractivity contribution in [3.63, 3.8) is 0 Å². The van der Waals surface area contributed by atoms with E-state index in [0.717, 1.165) is 30.6 Å². The Hall–Kier alpha value is -2.06. The first-order valence-corrected chi connectivity index (χ1v) is 8.58. The van der Waals surface area contributed by atoms with E-state index in [1.165, 1.54) is 7.11 Å². The third-order valence-electron chi connectivity index (χ3n) is 3.96. The Morgan fingerprint density at radius 3 is 2.25 bits per heavy atom. The molecule has 130 valence electrons. The van der Waals surface area contributed by atoms with Crippen molar-refractivity contribution in [2.75, 3.05) is 12.4 Å². The second-order valence-electron chi connectivity index (χ2n) is 5.57. The number of hydrogen-bond donors (Lipinski definition) is 3. The fourth-order valence-corrected chi connectivity index (χ4v) is 3.83. The average Bonchev–Trinajstić information content (AvgIpc) is 2.62. The number of hydrazine groups is 1. The molecule has 0 saturated heterocycles. The van der Waals surface area contributed by atoms with Gasteiger partial charge in [-0.25, -0.2) is 5.84 Å². The average molecular weight is 351 g/mol. The molecule has 1 fully saturated rings. The van der Waals surface area contributed by atoms with E-state index in [1.54, 1.807) is 29.3 Å². The summed E-state index contributed by atoms with van der Waals surface area (Å²) in [5, 5.41) is 2.92. The molecule has 4 N–H and O–H groups in total. The number of hydrogen-bond acceptors (Lipinski definition) is 6. The summed E-state index contributed by atoms with van der Waals surface area (Å²) in [6.45, 7) is 0. The van der Waals surface area contributed by atoms with E-state index < -0.39 is 11.8 Å². The quantitative estimate of drug-likeness (QED) is 0.249. The number of anilines is 1. The molecule has 1 aliphatic rings. The number of amides is 2. The van der Waals surface area contributed by atoms with Crippen LogP contribution in [-0.4, -0.2) is 30.1 Å². The number of ether oxygens (including phenoxy) is 1. The van der Waals surface area contributed by atoms with Crippen LogP contribution in [0, 0.1) is 5.92 Å². The molecular weight excluding hydrogens is 330 g/mol. The molecule has 7 nitrogen and oxygen atoms in total. The van der Waals surface area contributed by atoms with Crippen molar-refractivity contribution in [1.82, 2.24) is 5.43 Å². The topological polar surface area (TPSA) is 111 Å². The van der Waals surface area contributed by atoms with Gasteiger partial charge in [0, 0.05) is 15.8 Å².